The molecule has 0 saturated carbocycles. The van der Waals surface area contributed by atoms with Gasteiger partial charge in [0.05, 0.1) is 17.3 Å². The summed E-state index contributed by atoms with van der Waals surface area (Å²) in [6.07, 6.45) is 0.446. The lowest BCUT2D eigenvalue weighted by atomic mass is 9.95. The normalized spacial score (nSPS) is 22.0. The van der Waals surface area contributed by atoms with Crippen molar-refractivity contribution < 1.29 is 14.4 Å². The maximum atomic E-state index is 13.4. The van der Waals surface area contributed by atoms with Crippen LogP contribution in [0.5, 0.6) is 0 Å². The van der Waals surface area contributed by atoms with E-state index in [0.717, 1.165) is 5.56 Å². The first kappa shape index (κ1) is 18.5. The SMILES string of the molecule is CC(NC(=O)C12CCC(=O)N1c1ccccc1C(=O)N2C)c1cccc(Cl)c1. The van der Waals surface area contributed by atoms with Crippen LogP contribution in [0.4, 0.5) is 5.69 Å². The number of hydrogen-bond donors (Lipinski definition) is 1. The number of likely N-dealkylation sites (N-methyl/N-ethyl adjacent to an activating group) is 1. The highest BCUT2D eigenvalue weighted by Crippen LogP contribution is 2.44. The van der Waals surface area contributed by atoms with Gasteiger partial charge < -0.3 is 10.2 Å². The number of amides is 3. The van der Waals surface area contributed by atoms with Gasteiger partial charge in [-0.1, -0.05) is 35.9 Å². The van der Waals surface area contributed by atoms with E-state index in [1.165, 1.54) is 9.80 Å². The summed E-state index contributed by atoms with van der Waals surface area (Å²) in [4.78, 5) is 42.0. The van der Waals surface area contributed by atoms with Crippen LogP contribution in [0.2, 0.25) is 5.02 Å². The zero-order valence-electron chi connectivity index (χ0n) is 15.6. The molecule has 0 aromatic heterocycles. The largest absolute Gasteiger partial charge is 0.346 e. The van der Waals surface area contributed by atoms with E-state index >= 15 is 0 Å². The van der Waals surface area contributed by atoms with Gasteiger partial charge in [0.15, 0.2) is 0 Å². The molecule has 2 heterocycles. The molecule has 7 heteroatoms. The number of nitrogens with one attached hydrogen (secondary N) is 1. The van der Waals surface area contributed by atoms with Crippen molar-refractivity contribution in [3.05, 3.63) is 64.7 Å². The average molecular weight is 398 g/mol. The lowest BCUT2D eigenvalue weighted by Gasteiger charge is -2.47. The van der Waals surface area contributed by atoms with Crippen LogP contribution in [-0.2, 0) is 9.59 Å². The van der Waals surface area contributed by atoms with Crippen molar-refractivity contribution in [3.63, 3.8) is 0 Å². The predicted molar refractivity (Wildman–Crippen MR) is 106 cm³/mol. The molecule has 0 spiro atoms. The third-order valence-electron chi connectivity index (χ3n) is 5.60. The summed E-state index contributed by atoms with van der Waals surface area (Å²) in [6, 6.07) is 13.8. The molecule has 2 aliphatic heterocycles. The second-order valence-corrected chi connectivity index (χ2v) is 7.61. The minimum atomic E-state index is -1.37. The van der Waals surface area contributed by atoms with Crippen LogP contribution in [0, 0.1) is 0 Å². The van der Waals surface area contributed by atoms with Crippen LogP contribution in [-0.4, -0.2) is 35.3 Å². The third-order valence-corrected chi connectivity index (χ3v) is 5.84. The van der Waals surface area contributed by atoms with Crippen molar-refractivity contribution in [1.82, 2.24) is 10.2 Å². The number of fused-ring (bicyclic) bond motifs is 3. The van der Waals surface area contributed by atoms with Gasteiger partial charge in [0.2, 0.25) is 11.6 Å². The van der Waals surface area contributed by atoms with E-state index in [1.807, 2.05) is 19.1 Å². The van der Waals surface area contributed by atoms with E-state index in [1.54, 1.807) is 43.4 Å². The van der Waals surface area contributed by atoms with Gasteiger partial charge in [-0.05, 0) is 36.8 Å². The molecule has 144 valence electrons. The Labute approximate surface area is 168 Å². The number of carbonyl (C=O) groups is 3. The lowest BCUT2D eigenvalue weighted by molar-refractivity contribution is -0.133. The molecule has 1 saturated heterocycles. The Morgan fingerprint density at radius 3 is 2.68 bits per heavy atom. The number of hydrogen-bond acceptors (Lipinski definition) is 3. The van der Waals surface area contributed by atoms with Crippen LogP contribution in [0.15, 0.2) is 48.5 Å². The van der Waals surface area contributed by atoms with Crippen LogP contribution < -0.4 is 10.2 Å². The molecule has 0 aliphatic carbocycles. The summed E-state index contributed by atoms with van der Waals surface area (Å²) < 4.78 is 0. The van der Waals surface area contributed by atoms with Crippen molar-refractivity contribution in [2.24, 2.45) is 0 Å². The van der Waals surface area contributed by atoms with Crippen molar-refractivity contribution in [2.45, 2.75) is 31.5 Å². The fourth-order valence-corrected chi connectivity index (χ4v) is 4.30. The van der Waals surface area contributed by atoms with Crippen LogP contribution in [0.25, 0.3) is 0 Å². The second kappa shape index (κ2) is 6.63. The van der Waals surface area contributed by atoms with Gasteiger partial charge in [0.25, 0.3) is 11.8 Å². The molecule has 1 N–H and O–H groups in total. The molecule has 0 radical (unpaired) electrons. The molecule has 2 aromatic carbocycles. The molecule has 2 aromatic rings. The Balaban J connectivity index is 1.73. The Morgan fingerprint density at radius 2 is 1.93 bits per heavy atom. The number of nitrogens with zero attached hydrogens (tertiary/aromatic N) is 2. The summed E-state index contributed by atoms with van der Waals surface area (Å²) in [5, 5.41) is 3.55. The van der Waals surface area contributed by atoms with Crippen LogP contribution in [0.3, 0.4) is 0 Å². The fourth-order valence-electron chi connectivity index (χ4n) is 4.10. The summed E-state index contributed by atoms with van der Waals surface area (Å²) in [6.45, 7) is 1.85. The highest BCUT2D eigenvalue weighted by molar-refractivity contribution is 6.30. The smallest absolute Gasteiger partial charge is 0.267 e. The second-order valence-electron chi connectivity index (χ2n) is 7.18. The zero-order chi connectivity index (χ0) is 20.1. The Bertz CT molecular complexity index is 992. The van der Waals surface area contributed by atoms with Crippen LogP contribution >= 0.6 is 11.6 Å². The van der Waals surface area contributed by atoms with Gasteiger partial charge in [0.1, 0.15) is 0 Å². The topological polar surface area (TPSA) is 69.7 Å². The average Bonchev–Trinajstić information content (AvgIpc) is 3.05. The predicted octanol–water partition coefficient (Wildman–Crippen LogP) is 3.13. The lowest BCUT2D eigenvalue weighted by Crippen LogP contribution is -2.69. The summed E-state index contributed by atoms with van der Waals surface area (Å²) in [7, 11) is 1.58. The first-order valence-electron chi connectivity index (χ1n) is 9.13. The number of anilines is 1. The molecular weight excluding hydrogens is 378 g/mol. The monoisotopic (exact) mass is 397 g/mol. The van der Waals surface area contributed by atoms with Crippen molar-refractivity contribution >= 4 is 35.0 Å². The van der Waals surface area contributed by atoms with E-state index in [2.05, 4.69) is 5.32 Å². The van der Waals surface area contributed by atoms with Crippen molar-refractivity contribution in [3.8, 4) is 0 Å². The minimum Gasteiger partial charge on any atom is -0.346 e. The number of carbonyl (C=O) groups excluding carboxylic acids is 3. The number of halogens is 1. The van der Waals surface area contributed by atoms with E-state index < -0.39 is 5.66 Å². The van der Waals surface area contributed by atoms with Crippen LogP contribution in [0.1, 0.15) is 41.7 Å². The van der Waals surface area contributed by atoms with Gasteiger partial charge >= 0.3 is 0 Å². The van der Waals surface area contributed by atoms with E-state index in [4.69, 9.17) is 11.6 Å². The van der Waals surface area contributed by atoms with Gasteiger partial charge in [-0.25, -0.2) is 0 Å². The summed E-state index contributed by atoms with van der Waals surface area (Å²) >= 11 is 6.06. The Kier molecular flexibility index (Phi) is 4.38. The standard InChI is InChI=1S/C21H20ClN3O3/c1-13(14-6-5-7-15(22)12-14)23-20(28)21-11-10-18(26)25(21)17-9-4-3-8-16(17)19(27)24(21)2/h3-9,12-13H,10-11H2,1-2H3,(H,23,28). The van der Waals surface area contributed by atoms with Gasteiger partial charge in [-0.3, -0.25) is 19.3 Å². The van der Waals surface area contributed by atoms with Crippen molar-refractivity contribution in [2.75, 3.05) is 11.9 Å². The Hall–Kier alpha value is -2.86. The maximum absolute atomic E-state index is 13.4. The van der Waals surface area contributed by atoms with Gasteiger partial charge in [-0.15, -0.1) is 0 Å². The fraction of sp³-hybridized carbons (Fsp3) is 0.286. The first-order valence-corrected chi connectivity index (χ1v) is 9.51. The summed E-state index contributed by atoms with van der Waals surface area (Å²) in [5.41, 5.74) is 0.388. The highest BCUT2D eigenvalue weighted by atomic mass is 35.5. The zero-order valence-corrected chi connectivity index (χ0v) is 16.4. The maximum Gasteiger partial charge on any atom is 0.267 e. The Morgan fingerprint density at radius 1 is 1.18 bits per heavy atom. The van der Waals surface area contributed by atoms with E-state index in [9.17, 15) is 14.4 Å². The number of benzene rings is 2. The highest BCUT2D eigenvalue weighted by Gasteiger charge is 2.59. The van der Waals surface area contributed by atoms with E-state index in [0.29, 0.717) is 16.3 Å². The van der Waals surface area contributed by atoms with Gasteiger partial charge in [0, 0.05) is 24.9 Å². The molecule has 4 rings (SSSR count). The molecule has 2 unspecified atom stereocenters. The number of para-hydroxylation sites is 1. The van der Waals surface area contributed by atoms with Crippen molar-refractivity contribution in [1.29, 1.82) is 0 Å². The number of rotatable bonds is 3. The quantitative estimate of drug-likeness (QED) is 0.865. The molecule has 2 atom stereocenters. The molecular formula is C21H20ClN3O3. The summed E-state index contributed by atoms with van der Waals surface area (Å²) in [5.74, 6) is -0.819. The first-order chi connectivity index (χ1) is 13.4. The molecule has 1 fully saturated rings. The molecule has 3 amide bonds. The van der Waals surface area contributed by atoms with Gasteiger partial charge in [-0.2, -0.15) is 0 Å². The molecule has 28 heavy (non-hydrogen) atoms. The molecule has 0 bridgehead atoms. The van der Waals surface area contributed by atoms with E-state index in [-0.39, 0.29) is 36.6 Å². The molecule has 2 aliphatic rings. The molecule has 6 nitrogen and oxygen atoms in total. The third kappa shape index (κ3) is 2.59. The minimum absolute atomic E-state index is 0.169.